The lowest BCUT2D eigenvalue weighted by Gasteiger charge is -2.39. The molecule has 1 aromatic rings. The molecule has 1 aromatic carbocycles. The summed E-state index contributed by atoms with van der Waals surface area (Å²) in [6.07, 6.45) is 2.41. The van der Waals surface area contributed by atoms with Gasteiger partial charge in [0, 0.05) is 32.2 Å². The van der Waals surface area contributed by atoms with Crippen molar-refractivity contribution in [1.82, 2.24) is 10.2 Å². The molecule has 1 aliphatic heterocycles. The van der Waals surface area contributed by atoms with Gasteiger partial charge in [-0.1, -0.05) is 32.4 Å². The molecule has 2 nitrogen and oxygen atoms in total. The van der Waals surface area contributed by atoms with Crippen LogP contribution in [0.3, 0.4) is 0 Å². The van der Waals surface area contributed by atoms with Crippen LogP contribution in [0.2, 0.25) is 0 Å². The molecule has 20 heavy (non-hydrogen) atoms. The molecule has 1 saturated heterocycles. The van der Waals surface area contributed by atoms with Crippen molar-refractivity contribution in [1.29, 1.82) is 0 Å². The van der Waals surface area contributed by atoms with E-state index in [0.717, 1.165) is 31.7 Å². The van der Waals surface area contributed by atoms with E-state index in [-0.39, 0.29) is 5.82 Å². The fourth-order valence-corrected chi connectivity index (χ4v) is 3.32. The number of benzene rings is 1. The fraction of sp³-hybridized carbons (Fsp3) is 0.647. The molecular weight excluding hydrogens is 251 g/mol. The molecule has 0 saturated carbocycles. The highest BCUT2D eigenvalue weighted by Gasteiger charge is 2.27. The van der Waals surface area contributed by atoms with Crippen LogP contribution in [0, 0.1) is 18.7 Å². The number of hydrogen-bond acceptors (Lipinski definition) is 2. The molecule has 1 heterocycles. The van der Waals surface area contributed by atoms with Gasteiger partial charge in [0.05, 0.1) is 0 Å². The maximum Gasteiger partial charge on any atom is 0.126 e. The van der Waals surface area contributed by atoms with Gasteiger partial charge in [-0.05, 0) is 36.5 Å². The van der Waals surface area contributed by atoms with E-state index in [2.05, 4.69) is 24.1 Å². The lowest BCUT2D eigenvalue weighted by atomic mass is 9.88. The quantitative estimate of drug-likeness (QED) is 0.886. The summed E-state index contributed by atoms with van der Waals surface area (Å²) in [5.74, 6) is 0.499. The van der Waals surface area contributed by atoms with E-state index in [1.165, 1.54) is 18.4 Å². The van der Waals surface area contributed by atoms with Crippen LogP contribution in [0.1, 0.15) is 43.9 Å². The summed E-state index contributed by atoms with van der Waals surface area (Å²) in [4.78, 5) is 2.56. The minimum absolute atomic E-state index is 0.101. The van der Waals surface area contributed by atoms with E-state index in [9.17, 15) is 4.39 Å². The molecular formula is C17H27FN2. The van der Waals surface area contributed by atoms with Crippen LogP contribution >= 0.6 is 0 Å². The molecule has 1 aliphatic rings. The van der Waals surface area contributed by atoms with Gasteiger partial charge in [-0.2, -0.15) is 0 Å². The number of halogens is 1. The molecule has 1 N–H and O–H groups in total. The van der Waals surface area contributed by atoms with Crippen molar-refractivity contribution >= 4 is 0 Å². The molecule has 0 bridgehead atoms. The highest BCUT2D eigenvalue weighted by molar-refractivity contribution is 5.27. The Balaban J connectivity index is 2.26. The molecule has 0 aromatic heterocycles. The summed E-state index contributed by atoms with van der Waals surface area (Å²) >= 11 is 0. The summed E-state index contributed by atoms with van der Waals surface area (Å²) in [7, 11) is 0. The zero-order valence-corrected chi connectivity index (χ0v) is 13.0. The SMILES string of the molecule is CCCC(C)[C@@H](c1ccc(F)c(C)c1)N1CCNCC1. The predicted molar refractivity (Wildman–Crippen MR) is 82.4 cm³/mol. The monoisotopic (exact) mass is 278 g/mol. The van der Waals surface area contributed by atoms with Gasteiger partial charge < -0.3 is 5.32 Å². The van der Waals surface area contributed by atoms with Crippen molar-refractivity contribution in [3.8, 4) is 0 Å². The summed E-state index contributed by atoms with van der Waals surface area (Å²) in [6.45, 7) is 10.7. The Hall–Kier alpha value is -0.930. The number of nitrogens with one attached hydrogen (secondary N) is 1. The van der Waals surface area contributed by atoms with Gasteiger partial charge in [0.1, 0.15) is 5.82 Å². The maximum absolute atomic E-state index is 13.5. The van der Waals surface area contributed by atoms with Crippen molar-refractivity contribution in [2.45, 2.75) is 39.7 Å². The summed E-state index contributed by atoms with van der Waals surface area (Å²) in [5.41, 5.74) is 2.03. The van der Waals surface area contributed by atoms with Crippen LogP contribution in [0.25, 0.3) is 0 Å². The number of rotatable bonds is 5. The molecule has 0 radical (unpaired) electrons. The molecule has 2 atom stereocenters. The average Bonchev–Trinajstić information content (AvgIpc) is 2.44. The maximum atomic E-state index is 13.5. The van der Waals surface area contributed by atoms with Crippen LogP contribution in [0.15, 0.2) is 18.2 Å². The van der Waals surface area contributed by atoms with E-state index in [1.54, 1.807) is 6.07 Å². The first-order chi connectivity index (χ1) is 9.63. The van der Waals surface area contributed by atoms with Crippen molar-refractivity contribution in [2.75, 3.05) is 26.2 Å². The summed E-state index contributed by atoms with van der Waals surface area (Å²) < 4.78 is 13.5. The van der Waals surface area contributed by atoms with Crippen molar-refractivity contribution < 1.29 is 4.39 Å². The van der Waals surface area contributed by atoms with Gasteiger partial charge in [0.25, 0.3) is 0 Å². The Morgan fingerprint density at radius 3 is 2.60 bits per heavy atom. The van der Waals surface area contributed by atoms with E-state index < -0.39 is 0 Å². The number of piperazine rings is 1. The third-order valence-electron chi connectivity index (χ3n) is 4.35. The molecule has 112 valence electrons. The molecule has 0 aliphatic carbocycles. The Labute approximate surface area is 122 Å². The largest absolute Gasteiger partial charge is 0.314 e. The lowest BCUT2D eigenvalue weighted by molar-refractivity contribution is 0.126. The number of nitrogens with zero attached hydrogens (tertiary/aromatic N) is 1. The third kappa shape index (κ3) is 3.58. The lowest BCUT2D eigenvalue weighted by Crippen LogP contribution is -2.46. The van der Waals surface area contributed by atoms with E-state index in [1.807, 2.05) is 19.1 Å². The van der Waals surface area contributed by atoms with Gasteiger partial charge in [-0.25, -0.2) is 4.39 Å². The Morgan fingerprint density at radius 2 is 2.00 bits per heavy atom. The highest BCUT2D eigenvalue weighted by atomic mass is 19.1. The number of hydrogen-bond donors (Lipinski definition) is 1. The summed E-state index contributed by atoms with van der Waals surface area (Å²) in [5, 5.41) is 3.41. The van der Waals surface area contributed by atoms with Crippen LogP contribution in [0.4, 0.5) is 4.39 Å². The predicted octanol–water partition coefficient (Wildman–Crippen LogP) is 3.52. The van der Waals surface area contributed by atoms with Crippen LogP contribution < -0.4 is 5.32 Å². The third-order valence-corrected chi connectivity index (χ3v) is 4.35. The zero-order valence-electron chi connectivity index (χ0n) is 13.0. The molecule has 1 fully saturated rings. The Bertz CT molecular complexity index is 427. The second-order valence-electron chi connectivity index (χ2n) is 6.01. The van der Waals surface area contributed by atoms with Crippen LogP contribution in [-0.4, -0.2) is 31.1 Å². The minimum Gasteiger partial charge on any atom is -0.314 e. The van der Waals surface area contributed by atoms with E-state index >= 15 is 0 Å². The first-order valence-corrected chi connectivity index (χ1v) is 7.84. The molecule has 3 heteroatoms. The smallest absolute Gasteiger partial charge is 0.126 e. The van der Waals surface area contributed by atoms with Gasteiger partial charge in [0.2, 0.25) is 0 Å². The molecule has 0 amide bonds. The fourth-order valence-electron chi connectivity index (χ4n) is 3.32. The van der Waals surface area contributed by atoms with E-state index in [4.69, 9.17) is 0 Å². The molecule has 1 unspecified atom stereocenters. The Morgan fingerprint density at radius 1 is 1.30 bits per heavy atom. The normalized spacial score (nSPS) is 19.8. The minimum atomic E-state index is -0.101. The van der Waals surface area contributed by atoms with Crippen LogP contribution in [0.5, 0.6) is 0 Å². The second-order valence-corrected chi connectivity index (χ2v) is 6.01. The second kappa shape index (κ2) is 7.19. The first kappa shape index (κ1) is 15.5. The van der Waals surface area contributed by atoms with Crippen molar-refractivity contribution in [3.05, 3.63) is 35.1 Å². The zero-order chi connectivity index (χ0) is 14.5. The number of aryl methyl sites for hydroxylation is 1. The average molecular weight is 278 g/mol. The first-order valence-electron chi connectivity index (χ1n) is 7.84. The topological polar surface area (TPSA) is 15.3 Å². The standard InChI is InChI=1S/C17H27FN2/c1-4-5-13(2)17(20-10-8-19-9-11-20)15-6-7-16(18)14(3)12-15/h6-7,12-13,17,19H,4-5,8-11H2,1-3H3/t13?,17-/m0/s1. The molecule has 0 spiro atoms. The van der Waals surface area contributed by atoms with Crippen molar-refractivity contribution in [2.24, 2.45) is 5.92 Å². The van der Waals surface area contributed by atoms with Crippen molar-refractivity contribution in [3.63, 3.8) is 0 Å². The molecule has 2 rings (SSSR count). The summed E-state index contributed by atoms with van der Waals surface area (Å²) in [6, 6.07) is 6.05. The van der Waals surface area contributed by atoms with Gasteiger partial charge in [-0.3, -0.25) is 4.90 Å². The van der Waals surface area contributed by atoms with Crippen LogP contribution in [-0.2, 0) is 0 Å². The van der Waals surface area contributed by atoms with Gasteiger partial charge in [-0.15, -0.1) is 0 Å². The van der Waals surface area contributed by atoms with E-state index in [0.29, 0.717) is 12.0 Å². The van der Waals surface area contributed by atoms with Gasteiger partial charge in [0.15, 0.2) is 0 Å². The Kier molecular flexibility index (Phi) is 5.55. The van der Waals surface area contributed by atoms with Gasteiger partial charge >= 0.3 is 0 Å². The highest BCUT2D eigenvalue weighted by Crippen LogP contribution is 2.32.